The lowest BCUT2D eigenvalue weighted by Gasteiger charge is -2.27. The van der Waals surface area contributed by atoms with E-state index in [-0.39, 0.29) is 0 Å². The van der Waals surface area contributed by atoms with Gasteiger partial charge in [-0.2, -0.15) is 0 Å². The SMILES string of the molecule is Clc1ccc([C@@H](c2ccccn2)[C@@H]2C=CCCC2)cc1. The smallest absolute Gasteiger partial charge is 0.0484 e. The first-order valence-electron chi connectivity index (χ1n) is 7.17. The molecule has 0 radical (unpaired) electrons. The van der Waals surface area contributed by atoms with E-state index in [0.717, 1.165) is 10.7 Å². The normalized spacial score (nSPS) is 19.8. The second-order valence-corrected chi connectivity index (χ2v) is 5.74. The van der Waals surface area contributed by atoms with Gasteiger partial charge in [-0.1, -0.05) is 42.0 Å². The molecule has 0 aliphatic heterocycles. The van der Waals surface area contributed by atoms with Gasteiger partial charge in [0.25, 0.3) is 0 Å². The van der Waals surface area contributed by atoms with Crippen LogP contribution in [0.4, 0.5) is 0 Å². The van der Waals surface area contributed by atoms with Gasteiger partial charge in [0.15, 0.2) is 0 Å². The lowest BCUT2D eigenvalue weighted by molar-refractivity contribution is 0.482. The Hall–Kier alpha value is -1.60. The van der Waals surface area contributed by atoms with Crippen molar-refractivity contribution in [2.24, 2.45) is 5.92 Å². The largest absolute Gasteiger partial charge is 0.261 e. The minimum atomic E-state index is 0.324. The van der Waals surface area contributed by atoms with E-state index in [0.29, 0.717) is 11.8 Å². The van der Waals surface area contributed by atoms with Gasteiger partial charge in [0.05, 0.1) is 0 Å². The molecule has 0 saturated carbocycles. The van der Waals surface area contributed by atoms with Crippen molar-refractivity contribution in [2.45, 2.75) is 25.2 Å². The molecule has 20 heavy (non-hydrogen) atoms. The number of halogens is 1. The maximum absolute atomic E-state index is 6.02. The van der Waals surface area contributed by atoms with E-state index in [1.165, 1.54) is 24.8 Å². The van der Waals surface area contributed by atoms with Crippen LogP contribution in [-0.2, 0) is 0 Å². The molecule has 0 unspecified atom stereocenters. The molecular weight excluding hydrogens is 266 g/mol. The quantitative estimate of drug-likeness (QED) is 0.704. The first-order valence-corrected chi connectivity index (χ1v) is 7.55. The third-order valence-electron chi connectivity index (χ3n) is 3.96. The van der Waals surface area contributed by atoms with Crippen molar-refractivity contribution >= 4 is 11.6 Å². The average Bonchev–Trinajstić information content (AvgIpc) is 2.52. The molecule has 2 heteroatoms. The molecule has 1 aliphatic rings. The van der Waals surface area contributed by atoms with Crippen molar-refractivity contribution in [1.29, 1.82) is 0 Å². The topological polar surface area (TPSA) is 12.9 Å². The van der Waals surface area contributed by atoms with E-state index in [1.807, 2.05) is 24.4 Å². The van der Waals surface area contributed by atoms with Crippen molar-refractivity contribution < 1.29 is 0 Å². The first kappa shape index (κ1) is 13.4. The first-order chi connectivity index (χ1) is 9.84. The summed E-state index contributed by atoms with van der Waals surface area (Å²) >= 11 is 6.02. The highest BCUT2D eigenvalue weighted by Crippen LogP contribution is 2.37. The van der Waals surface area contributed by atoms with Gasteiger partial charge in [-0.3, -0.25) is 4.98 Å². The highest BCUT2D eigenvalue weighted by atomic mass is 35.5. The summed E-state index contributed by atoms with van der Waals surface area (Å²) in [5.74, 6) is 0.852. The fourth-order valence-corrected chi connectivity index (χ4v) is 3.11. The Labute approximate surface area is 125 Å². The average molecular weight is 284 g/mol. The van der Waals surface area contributed by atoms with E-state index in [4.69, 9.17) is 11.6 Å². The molecule has 1 aromatic carbocycles. The molecule has 0 amide bonds. The minimum Gasteiger partial charge on any atom is -0.261 e. The van der Waals surface area contributed by atoms with Gasteiger partial charge in [0.1, 0.15) is 0 Å². The molecule has 0 N–H and O–H groups in total. The molecule has 0 bridgehead atoms. The van der Waals surface area contributed by atoms with Gasteiger partial charge in [-0.25, -0.2) is 0 Å². The summed E-state index contributed by atoms with van der Waals surface area (Å²) in [5.41, 5.74) is 2.44. The highest BCUT2D eigenvalue weighted by molar-refractivity contribution is 6.30. The van der Waals surface area contributed by atoms with Crippen LogP contribution in [0, 0.1) is 5.92 Å². The van der Waals surface area contributed by atoms with Crippen LogP contribution in [0.3, 0.4) is 0 Å². The molecule has 102 valence electrons. The number of pyridine rings is 1. The molecule has 1 aromatic heterocycles. The number of aromatic nitrogens is 1. The number of nitrogens with zero attached hydrogens (tertiary/aromatic N) is 1. The van der Waals surface area contributed by atoms with Crippen molar-refractivity contribution in [3.63, 3.8) is 0 Å². The number of rotatable bonds is 3. The minimum absolute atomic E-state index is 0.324. The van der Waals surface area contributed by atoms with E-state index in [9.17, 15) is 0 Å². The second-order valence-electron chi connectivity index (χ2n) is 5.31. The molecule has 0 saturated heterocycles. The number of hydrogen-bond acceptors (Lipinski definition) is 1. The zero-order valence-electron chi connectivity index (χ0n) is 11.4. The van der Waals surface area contributed by atoms with Crippen LogP contribution in [0.5, 0.6) is 0 Å². The Bertz CT molecular complexity index is 574. The third kappa shape index (κ3) is 2.94. The van der Waals surface area contributed by atoms with Crippen LogP contribution >= 0.6 is 11.6 Å². The summed E-state index contributed by atoms with van der Waals surface area (Å²) < 4.78 is 0. The Morgan fingerprint density at radius 3 is 2.60 bits per heavy atom. The molecule has 2 aromatic rings. The van der Waals surface area contributed by atoms with Crippen LogP contribution in [0.25, 0.3) is 0 Å². The van der Waals surface area contributed by atoms with E-state index in [2.05, 4.69) is 41.4 Å². The summed E-state index contributed by atoms with van der Waals surface area (Å²) in [6.07, 6.45) is 10.2. The van der Waals surface area contributed by atoms with Crippen LogP contribution in [0.2, 0.25) is 5.02 Å². The maximum Gasteiger partial charge on any atom is 0.0484 e. The van der Waals surface area contributed by atoms with Gasteiger partial charge in [0, 0.05) is 22.8 Å². The summed E-state index contributed by atoms with van der Waals surface area (Å²) in [6, 6.07) is 14.4. The zero-order valence-corrected chi connectivity index (χ0v) is 12.1. The number of benzene rings is 1. The Morgan fingerprint density at radius 2 is 1.95 bits per heavy atom. The molecule has 0 spiro atoms. The predicted octanol–water partition coefficient (Wildman–Crippen LogP) is 5.22. The predicted molar refractivity (Wildman–Crippen MR) is 84.0 cm³/mol. The standard InChI is InChI=1S/C18H18ClN/c19-16-11-9-15(10-12-16)18(14-6-2-1-3-7-14)17-8-4-5-13-20-17/h2,4-6,8-14,18H,1,3,7H2/t14-,18+/m1/s1. The summed E-state index contributed by atoms with van der Waals surface area (Å²) in [5, 5.41) is 0.785. The van der Waals surface area contributed by atoms with Crippen LogP contribution in [-0.4, -0.2) is 4.98 Å². The second kappa shape index (κ2) is 6.23. The van der Waals surface area contributed by atoms with Crippen molar-refractivity contribution in [1.82, 2.24) is 4.98 Å². The molecule has 1 aliphatic carbocycles. The van der Waals surface area contributed by atoms with E-state index >= 15 is 0 Å². The summed E-state index contributed by atoms with van der Waals surface area (Å²) in [6.45, 7) is 0. The van der Waals surface area contributed by atoms with Gasteiger partial charge in [-0.15, -0.1) is 0 Å². The van der Waals surface area contributed by atoms with E-state index in [1.54, 1.807) is 0 Å². The zero-order chi connectivity index (χ0) is 13.8. The van der Waals surface area contributed by atoms with Crippen LogP contribution < -0.4 is 0 Å². The van der Waals surface area contributed by atoms with Crippen LogP contribution in [0.1, 0.15) is 36.4 Å². The maximum atomic E-state index is 6.02. The lowest BCUT2D eigenvalue weighted by atomic mass is 9.78. The lowest BCUT2D eigenvalue weighted by Crippen LogP contribution is -2.15. The molecule has 1 heterocycles. The van der Waals surface area contributed by atoms with Crippen molar-refractivity contribution in [3.8, 4) is 0 Å². The summed E-state index contributed by atoms with van der Waals surface area (Å²) in [7, 11) is 0. The summed E-state index contributed by atoms with van der Waals surface area (Å²) in [4.78, 5) is 4.59. The van der Waals surface area contributed by atoms with Gasteiger partial charge in [-0.05, 0) is 55.0 Å². The molecule has 0 fully saturated rings. The van der Waals surface area contributed by atoms with Crippen LogP contribution in [0.15, 0.2) is 60.8 Å². The van der Waals surface area contributed by atoms with Gasteiger partial charge in [0.2, 0.25) is 0 Å². The Kier molecular flexibility index (Phi) is 4.17. The Morgan fingerprint density at radius 1 is 1.10 bits per heavy atom. The van der Waals surface area contributed by atoms with Gasteiger partial charge >= 0.3 is 0 Å². The monoisotopic (exact) mass is 283 g/mol. The fourth-order valence-electron chi connectivity index (χ4n) is 2.98. The van der Waals surface area contributed by atoms with Crippen molar-refractivity contribution in [3.05, 3.63) is 77.1 Å². The van der Waals surface area contributed by atoms with Crippen molar-refractivity contribution in [2.75, 3.05) is 0 Å². The number of hydrogen-bond donors (Lipinski definition) is 0. The molecule has 1 nitrogen and oxygen atoms in total. The van der Waals surface area contributed by atoms with Gasteiger partial charge < -0.3 is 0 Å². The Balaban J connectivity index is 2.01. The molecular formula is C18H18ClN. The molecule has 3 rings (SSSR count). The molecule has 2 atom stereocenters. The third-order valence-corrected chi connectivity index (χ3v) is 4.21. The van der Waals surface area contributed by atoms with E-state index < -0.39 is 0 Å². The number of allylic oxidation sites excluding steroid dienone is 2. The fraction of sp³-hybridized carbons (Fsp3) is 0.278. The highest BCUT2D eigenvalue weighted by Gasteiger charge is 2.25.